The van der Waals surface area contributed by atoms with Crippen LogP contribution < -0.4 is 5.32 Å². The lowest BCUT2D eigenvalue weighted by molar-refractivity contribution is 0.223. The monoisotopic (exact) mass is 211 g/mol. The van der Waals surface area contributed by atoms with Gasteiger partial charge in [-0.25, -0.2) is 4.98 Å². The highest BCUT2D eigenvalue weighted by atomic mass is 16.3. The molecule has 0 spiro atoms. The van der Waals surface area contributed by atoms with Gasteiger partial charge in [-0.1, -0.05) is 13.8 Å². The molecule has 0 fully saturated rings. The summed E-state index contributed by atoms with van der Waals surface area (Å²) in [5.41, 5.74) is 1.11. The third kappa shape index (κ3) is 4.44. The first-order valence-corrected chi connectivity index (χ1v) is 5.58. The molecule has 1 aromatic rings. The summed E-state index contributed by atoms with van der Waals surface area (Å²) in [6.45, 7) is 7.17. The van der Waals surface area contributed by atoms with Gasteiger partial charge in [0, 0.05) is 32.3 Å². The van der Waals surface area contributed by atoms with Gasteiger partial charge in [0.25, 0.3) is 0 Å². The zero-order valence-electron chi connectivity index (χ0n) is 9.61. The number of hydrogen-bond acceptors (Lipinski definition) is 3. The Morgan fingerprint density at radius 1 is 1.60 bits per heavy atom. The van der Waals surface area contributed by atoms with Crippen molar-refractivity contribution in [2.75, 3.05) is 19.7 Å². The van der Waals surface area contributed by atoms with Gasteiger partial charge in [0.1, 0.15) is 0 Å². The number of nitrogens with zero attached hydrogens (tertiary/aromatic N) is 2. The van der Waals surface area contributed by atoms with Crippen LogP contribution in [0.4, 0.5) is 0 Å². The molecule has 0 bridgehead atoms. The van der Waals surface area contributed by atoms with E-state index < -0.39 is 0 Å². The van der Waals surface area contributed by atoms with Gasteiger partial charge in [0.05, 0.1) is 12.0 Å². The molecule has 0 amide bonds. The van der Waals surface area contributed by atoms with Gasteiger partial charge in [-0.2, -0.15) is 0 Å². The van der Waals surface area contributed by atoms with E-state index in [1.807, 2.05) is 17.8 Å². The Bertz CT molecular complexity index is 273. The molecule has 1 heterocycles. The van der Waals surface area contributed by atoms with Gasteiger partial charge in [0.15, 0.2) is 0 Å². The summed E-state index contributed by atoms with van der Waals surface area (Å²) in [5, 5.41) is 12.2. The number of likely N-dealkylation sites (N-methyl/N-ethyl adjacent to an activating group) is 1. The van der Waals surface area contributed by atoms with Crippen molar-refractivity contribution in [2.24, 2.45) is 5.92 Å². The molecule has 15 heavy (non-hydrogen) atoms. The van der Waals surface area contributed by atoms with E-state index in [0.29, 0.717) is 5.92 Å². The maximum atomic E-state index is 8.93. The Morgan fingerprint density at radius 2 is 2.40 bits per heavy atom. The van der Waals surface area contributed by atoms with Crippen molar-refractivity contribution in [3.05, 3.63) is 18.2 Å². The van der Waals surface area contributed by atoms with E-state index in [2.05, 4.69) is 23.4 Å². The van der Waals surface area contributed by atoms with Crippen LogP contribution in [0.2, 0.25) is 0 Å². The number of imidazole rings is 1. The van der Waals surface area contributed by atoms with Crippen LogP contribution >= 0.6 is 0 Å². The van der Waals surface area contributed by atoms with Crippen LogP contribution in [0.15, 0.2) is 12.5 Å². The summed E-state index contributed by atoms with van der Waals surface area (Å²) in [7, 11) is 0. The minimum atomic E-state index is 0.227. The second-order valence-electron chi connectivity index (χ2n) is 3.95. The molecule has 1 rings (SSSR count). The van der Waals surface area contributed by atoms with E-state index in [0.717, 1.165) is 31.7 Å². The van der Waals surface area contributed by atoms with E-state index in [1.54, 1.807) is 0 Å². The fourth-order valence-corrected chi connectivity index (χ4v) is 1.45. The van der Waals surface area contributed by atoms with E-state index in [4.69, 9.17) is 5.11 Å². The van der Waals surface area contributed by atoms with Crippen molar-refractivity contribution in [1.82, 2.24) is 14.9 Å². The average molecular weight is 211 g/mol. The first-order valence-electron chi connectivity index (χ1n) is 5.58. The van der Waals surface area contributed by atoms with Crippen LogP contribution in [0.25, 0.3) is 0 Å². The number of hydrogen-bond donors (Lipinski definition) is 2. The predicted molar refractivity (Wildman–Crippen MR) is 60.7 cm³/mol. The molecule has 0 radical (unpaired) electrons. The third-order valence-electron chi connectivity index (χ3n) is 2.33. The second-order valence-corrected chi connectivity index (χ2v) is 3.95. The normalized spacial score (nSPS) is 13.0. The van der Waals surface area contributed by atoms with Crippen molar-refractivity contribution in [3.8, 4) is 0 Å². The van der Waals surface area contributed by atoms with Crippen LogP contribution in [-0.2, 0) is 13.0 Å². The first kappa shape index (κ1) is 12.2. The zero-order valence-corrected chi connectivity index (χ0v) is 9.61. The van der Waals surface area contributed by atoms with Crippen molar-refractivity contribution in [1.29, 1.82) is 0 Å². The molecular formula is C11H21N3O. The van der Waals surface area contributed by atoms with E-state index in [-0.39, 0.29) is 6.61 Å². The summed E-state index contributed by atoms with van der Waals surface area (Å²) in [4.78, 5) is 4.32. The second kappa shape index (κ2) is 6.58. The predicted octanol–water partition coefficient (Wildman–Crippen LogP) is 0.663. The van der Waals surface area contributed by atoms with E-state index >= 15 is 0 Å². The minimum Gasteiger partial charge on any atom is -0.396 e. The minimum absolute atomic E-state index is 0.227. The summed E-state index contributed by atoms with van der Waals surface area (Å²) in [5.74, 6) is 0.292. The third-order valence-corrected chi connectivity index (χ3v) is 2.33. The molecule has 1 unspecified atom stereocenters. The number of aliphatic hydroxyl groups excluding tert-OH is 1. The SMILES string of the molecule is CCNCCc1cn(CC(C)CO)cn1. The number of rotatable bonds is 7. The number of nitrogens with one attached hydrogen (secondary N) is 1. The largest absolute Gasteiger partial charge is 0.396 e. The first-order chi connectivity index (χ1) is 7.26. The van der Waals surface area contributed by atoms with Gasteiger partial charge in [-0.15, -0.1) is 0 Å². The van der Waals surface area contributed by atoms with Crippen LogP contribution in [0.1, 0.15) is 19.5 Å². The molecule has 2 N–H and O–H groups in total. The molecule has 0 aromatic carbocycles. The molecule has 4 nitrogen and oxygen atoms in total. The summed E-state index contributed by atoms with van der Waals surface area (Å²) in [6, 6.07) is 0. The maximum Gasteiger partial charge on any atom is 0.0949 e. The van der Waals surface area contributed by atoms with Crippen molar-refractivity contribution in [3.63, 3.8) is 0 Å². The summed E-state index contributed by atoms with van der Waals surface area (Å²) in [6.07, 6.45) is 4.87. The van der Waals surface area contributed by atoms with Crippen LogP contribution in [0, 0.1) is 5.92 Å². The van der Waals surface area contributed by atoms with Gasteiger partial charge in [-0.3, -0.25) is 0 Å². The Balaban J connectivity index is 2.35. The molecule has 4 heteroatoms. The molecule has 1 atom stereocenters. The molecule has 86 valence electrons. The Kier molecular flexibility index (Phi) is 5.36. The lowest BCUT2D eigenvalue weighted by Gasteiger charge is -2.07. The Hall–Kier alpha value is -0.870. The standard InChI is InChI=1S/C11H21N3O/c1-3-12-5-4-11-7-14(9-13-11)6-10(2)8-15/h7,9-10,12,15H,3-6,8H2,1-2H3. The van der Waals surface area contributed by atoms with E-state index in [1.165, 1.54) is 0 Å². The van der Waals surface area contributed by atoms with Gasteiger partial charge in [-0.05, 0) is 12.5 Å². The van der Waals surface area contributed by atoms with Gasteiger partial charge in [0.2, 0.25) is 0 Å². The van der Waals surface area contributed by atoms with Gasteiger partial charge < -0.3 is 15.0 Å². The molecule has 0 saturated heterocycles. The lowest BCUT2D eigenvalue weighted by Crippen LogP contribution is -2.16. The highest BCUT2D eigenvalue weighted by Gasteiger charge is 2.03. The molecule has 0 saturated carbocycles. The number of aliphatic hydroxyl groups is 1. The topological polar surface area (TPSA) is 50.1 Å². The van der Waals surface area contributed by atoms with Gasteiger partial charge >= 0.3 is 0 Å². The fourth-order valence-electron chi connectivity index (χ4n) is 1.45. The van der Waals surface area contributed by atoms with Crippen molar-refractivity contribution in [2.45, 2.75) is 26.8 Å². The Labute approximate surface area is 91.3 Å². The highest BCUT2D eigenvalue weighted by Crippen LogP contribution is 2.02. The lowest BCUT2D eigenvalue weighted by atomic mass is 10.2. The molecule has 0 aliphatic heterocycles. The Morgan fingerprint density at radius 3 is 3.07 bits per heavy atom. The zero-order chi connectivity index (χ0) is 11.1. The highest BCUT2D eigenvalue weighted by molar-refractivity contribution is 4.97. The molecule has 0 aliphatic rings. The maximum absolute atomic E-state index is 8.93. The summed E-state index contributed by atoms with van der Waals surface area (Å²) >= 11 is 0. The fraction of sp³-hybridized carbons (Fsp3) is 0.727. The van der Waals surface area contributed by atoms with Crippen molar-refractivity contribution >= 4 is 0 Å². The smallest absolute Gasteiger partial charge is 0.0949 e. The number of aromatic nitrogens is 2. The van der Waals surface area contributed by atoms with Crippen LogP contribution in [0.5, 0.6) is 0 Å². The molecule has 0 aliphatic carbocycles. The van der Waals surface area contributed by atoms with Crippen molar-refractivity contribution < 1.29 is 5.11 Å². The molecule has 1 aromatic heterocycles. The quantitative estimate of drug-likeness (QED) is 0.652. The summed E-state index contributed by atoms with van der Waals surface area (Å²) < 4.78 is 2.04. The van der Waals surface area contributed by atoms with Crippen LogP contribution in [-0.4, -0.2) is 34.4 Å². The van der Waals surface area contributed by atoms with Crippen LogP contribution in [0.3, 0.4) is 0 Å². The van der Waals surface area contributed by atoms with E-state index in [9.17, 15) is 0 Å². The average Bonchev–Trinajstić information content (AvgIpc) is 2.66. The molecular weight excluding hydrogens is 190 g/mol.